The van der Waals surface area contributed by atoms with E-state index in [1.165, 1.54) is 10.2 Å². The standard InChI is InChI=1S/C28H30N8O3/c1-37-13-14-38-23-6-4-22(5-7-23)35-10-8-34(9-11-35)19-20-15-21(18-30-17-20)24-16-26-32-27(25-3-2-12-39-25)33-36(26)28(29)31-24/h2-7,12,15-18H,8-11,13-14,19H2,1H3,(H2,29,31). The molecule has 2 N–H and O–H groups in total. The molecule has 0 saturated carbocycles. The predicted molar refractivity (Wildman–Crippen MR) is 147 cm³/mol. The molecule has 1 fully saturated rings. The third-order valence-electron chi connectivity index (χ3n) is 6.72. The quantitative estimate of drug-likeness (QED) is 0.286. The van der Waals surface area contributed by atoms with Crippen LogP contribution < -0.4 is 15.4 Å². The minimum Gasteiger partial charge on any atom is -0.491 e. The van der Waals surface area contributed by atoms with Gasteiger partial charge in [-0.2, -0.15) is 4.52 Å². The molecule has 0 bridgehead atoms. The third kappa shape index (κ3) is 5.54. The second kappa shape index (κ2) is 11.1. The second-order valence-electron chi connectivity index (χ2n) is 9.36. The lowest BCUT2D eigenvalue weighted by Gasteiger charge is -2.36. The number of methoxy groups -OCH3 is 1. The van der Waals surface area contributed by atoms with Gasteiger partial charge in [0.05, 0.1) is 18.6 Å². The van der Waals surface area contributed by atoms with Gasteiger partial charge in [-0.25, -0.2) is 9.97 Å². The van der Waals surface area contributed by atoms with E-state index < -0.39 is 0 Å². The Kier molecular flexibility index (Phi) is 7.07. The Morgan fingerprint density at radius 2 is 1.82 bits per heavy atom. The summed E-state index contributed by atoms with van der Waals surface area (Å²) in [6.07, 6.45) is 5.29. The number of aromatic nitrogens is 5. The number of fused-ring (bicyclic) bond motifs is 1. The van der Waals surface area contributed by atoms with E-state index in [-0.39, 0.29) is 5.95 Å². The molecule has 6 rings (SSSR count). The van der Waals surface area contributed by atoms with Crippen LogP contribution in [0.15, 0.2) is 71.6 Å². The van der Waals surface area contributed by atoms with Crippen molar-refractivity contribution in [2.24, 2.45) is 0 Å². The van der Waals surface area contributed by atoms with Crippen LogP contribution in [0.2, 0.25) is 0 Å². The van der Waals surface area contributed by atoms with E-state index in [9.17, 15) is 0 Å². The first kappa shape index (κ1) is 24.8. The molecule has 1 aliphatic heterocycles. The molecule has 5 aromatic rings. The number of ether oxygens (including phenoxy) is 2. The van der Waals surface area contributed by atoms with Crippen LogP contribution in [0.1, 0.15) is 5.56 Å². The Balaban J connectivity index is 1.10. The first-order valence-electron chi connectivity index (χ1n) is 12.9. The highest BCUT2D eigenvalue weighted by molar-refractivity contribution is 5.66. The van der Waals surface area contributed by atoms with E-state index in [0.29, 0.717) is 36.1 Å². The highest BCUT2D eigenvalue weighted by Crippen LogP contribution is 2.25. The molecule has 200 valence electrons. The number of anilines is 2. The molecule has 11 nitrogen and oxygen atoms in total. The fraction of sp³-hybridized carbons (Fsp3) is 0.286. The highest BCUT2D eigenvalue weighted by atomic mass is 16.5. The monoisotopic (exact) mass is 526 g/mol. The van der Waals surface area contributed by atoms with Crippen molar-refractivity contribution in [2.45, 2.75) is 6.54 Å². The van der Waals surface area contributed by atoms with Gasteiger partial charge in [-0.1, -0.05) is 0 Å². The van der Waals surface area contributed by atoms with Gasteiger partial charge in [0, 0.05) is 69.5 Å². The fourth-order valence-electron chi connectivity index (χ4n) is 4.70. The normalized spacial score (nSPS) is 14.2. The summed E-state index contributed by atoms with van der Waals surface area (Å²) in [6.45, 7) is 5.78. The number of hydrogen-bond acceptors (Lipinski definition) is 10. The minimum absolute atomic E-state index is 0.254. The molecule has 1 aromatic carbocycles. The largest absolute Gasteiger partial charge is 0.491 e. The molecule has 11 heteroatoms. The summed E-state index contributed by atoms with van der Waals surface area (Å²) in [5.41, 5.74) is 10.7. The van der Waals surface area contributed by atoms with Crippen LogP contribution in [0.4, 0.5) is 11.6 Å². The maximum absolute atomic E-state index is 6.22. The summed E-state index contributed by atoms with van der Waals surface area (Å²) in [7, 11) is 1.67. The summed E-state index contributed by atoms with van der Waals surface area (Å²) < 4.78 is 17.6. The summed E-state index contributed by atoms with van der Waals surface area (Å²) in [6, 6.07) is 15.9. The van der Waals surface area contributed by atoms with E-state index in [0.717, 1.165) is 49.6 Å². The van der Waals surface area contributed by atoms with E-state index in [2.05, 4.69) is 48.0 Å². The number of hydrogen-bond donors (Lipinski definition) is 1. The molecule has 39 heavy (non-hydrogen) atoms. The van der Waals surface area contributed by atoms with Crippen LogP contribution in [0.3, 0.4) is 0 Å². The number of rotatable bonds is 9. The summed E-state index contributed by atoms with van der Waals surface area (Å²) in [5, 5.41) is 4.42. The van der Waals surface area contributed by atoms with Crippen molar-refractivity contribution >= 4 is 17.3 Å². The highest BCUT2D eigenvalue weighted by Gasteiger charge is 2.18. The molecule has 0 aliphatic carbocycles. The fourth-order valence-corrected chi connectivity index (χ4v) is 4.70. The van der Waals surface area contributed by atoms with Crippen LogP contribution in [-0.2, 0) is 11.3 Å². The van der Waals surface area contributed by atoms with Gasteiger partial charge in [0.15, 0.2) is 11.4 Å². The molecule has 0 radical (unpaired) electrons. The zero-order valence-electron chi connectivity index (χ0n) is 21.7. The number of pyridine rings is 1. The van der Waals surface area contributed by atoms with Crippen molar-refractivity contribution in [1.82, 2.24) is 29.5 Å². The average molecular weight is 527 g/mol. The molecule has 1 aliphatic rings. The molecular formula is C28H30N8O3. The van der Waals surface area contributed by atoms with E-state index >= 15 is 0 Å². The van der Waals surface area contributed by atoms with E-state index in [4.69, 9.17) is 19.6 Å². The molecular weight excluding hydrogens is 496 g/mol. The molecule has 0 amide bonds. The average Bonchev–Trinajstić information content (AvgIpc) is 3.65. The van der Waals surface area contributed by atoms with Crippen LogP contribution >= 0.6 is 0 Å². The molecule has 1 saturated heterocycles. The lowest BCUT2D eigenvalue weighted by atomic mass is 10.1. The Hall–Kier alpha value is -4.48. The number of nitrogens with two attached hydrogens (primary N) is 1. The maximum Gasteiger partial charge on any atom is 0.223 e. The number of nitrogen functional groups attached to an aromatic ring is 1. The van der Waals surface area contributed by atoms with Gasteiger partial charge < -0.3 is 24.5 Å². The Morgan fingerprint density at radius 3 is 2.59 bits per heavy atom. The van der Waals surface area contributed by atoms with Crippen molar-refractivity contribution in [2.75, 3.05) is 57.1 Å². The second-order valence-corrected chi connectivity index (χ2v) is 9.36. The van der Waals surface area contributed by atoms with Crippen molar-refractivity contribution in [3.05, 3.63) is 72.8 Å². The SMILES string of the molecule is COCCOc1ccc(N2CCN(Cc3cncc(-c4cc5nc(-c6ccco6)nn5c(N)n4)c3)CC2)cc1. The molecule has 5 heterocycles. The minimum atomic E-state index is 0.254. The van der Waals surface area contributed by atoms with E-state index in [1.807, 2.05) is 30.5 Å². The third-order valence-corrected chi connectivity index (χ3v) is 6.72. The van der Waals surface area contributed by atoms with Gasteiger partial charge in [-0.05, 0) is 48.0 Å². The topological polar surface area (TPSA) is 120 Å². The van der Waals surface area contributed by atoms with Crippen LogP contribution in [0, 0.1) is 0 Å². The number of furan rings is 1. The van der Waals surface area contributed by atoms with Gasteiger partial charge in [0.2, 0.25) is 11.8 Å². The molecule has 0 spiro atoms. The van der Waals surface area contributed by atoms with Crippen LogP contribution in [-0.4, -0.2) is 76.0 Å². The van der Waals surface area contributed by atoms with Crippen LogP contribution in [0.5, 0.6) is 5.75 Å². The smallest absolute Gasteiger partial charge is 0.223 e. The van der Waals surface area contributed by atoms with Crippen LogP contribution in [0.25, 0.3) is 28.5 Å². The van der Waals surface area contributed by atoms with Gasteiger partial charge in [-0.3, -0.25) is 9.88 Å². The molecule has 0 unspecified atom stereocenters. The lowest BCUT2D eigenvalue weighted by Crippen LogP contribution is -2.45. The maximum atomic E-state index is 6.22. The Morgan fingerprint density at radius 1 is 0.974 bits per heavy atom. The van der Waals surface area contributed by atoms with Gasteiger partial charge in [0.25, 0.3) is 0 Å². The van der Waals surface area contributed by atoms with Crippen molar-refractivity contribution in [3.63, 3.8) is 0 Å². The van der Waals surface area contributed by atoms with E-state index in [1.54, 1.807) is 25.6 Å². The first-order valence-corrected chi connectivity index (χ1v) is 12.9. The lowest BCUT2D eigenvalue weighted by molar-refractivity contribution is 0.146. The molecule has 0 atom stereocenters. The number of nitrogens with zero attached hydrogens (tertiary/aromatic N) is 7. The predicted octanol–water partition coefficient (Wildman–Crippen LogP) is 3.38. The number of piperazine rings is 1. The number of benzene rings is 1. The zero-order valence-corrected chi connectivity index (χ0v) is 21.7. The molecule has 4 aromatic heterocycles. The van der Waals surface area contributed by atoms with Crippen molar-refractivity contribution in [1.29, 1.82) is 0 Å². The Labute approximate surface area is 225 Å². The van der Waals surface area contributed by atoms with Crippen molar-refractivity contribution in [3.8, 4) is 28.6 Å². The van der Waals surface area contributed by atoms with Gasteiger partial charge in [0.1, 0.15) is 12.4 Å². The summed E-state index contributed by atoms with van der Waals surface area (Å²) in [4.78, 5) is 18.5. The van der Waals surface area contributed by atoms with Gasteiger partial charge >= 0.3 is 0 Å². The first-order chi connectivity index (χ1) is 19.2. The Bertz CT molecular complexity index is 1530. The summed E-state index contributed by atoms with van der Waals surface area (Å²) >= 11 is 0. The van der Waals surface area contributed by atoms with Gasteiger partial charge in [-0.15, -0.1) is 5.10 Å². The van der Waals surface area contributed by atoms with Crippen molar-refractivity contribution < 1.29 is 13.9 Å². The summed E-state index contributed by atoms with van der Waals surface area (Å²) in [5.74, 6) is 2.15. The zero-order chi connectivity index (χ0) is 26.6.